The zero-order chi connectivity index (χ0) is 20.8. The van der Waals surface area contributed by atoms with Gasteiger partial charge in [0.25, 0.3) is 0 Å². The van der Waals surface area contributed by atoms with Gasteiger partial charge in [-0.3, -0.25) is 10.2 Å². The van der Waals surface area contributed by atoms with Crippen LogP contribution in [0.5, 0.6) is 0 Å². The third kappa shape index (κ3) is 3.53. The van der Waals surface area contributed by atoms with Crippen LogP contribution in [0.2, 0.25) is 0 Å². The largest absolute Gasteiger partial charge is 0.355 e. The quantitative estimate of drug-likeness (QED) is 0.613. The monoisotopic (exact) mass is 432 g/mol. The summed E-state index contributed by atoms with van der Waals surface area (Å²) in [6.45, 7) is 5.12. The number of nitrogens with zero attached hydrogens (tertiary/aromatic N) is 5. The second kappa shape index (κ2) is 7.96. The van der Waals surface area contributed by atoms with E-state index in [1.807, 2.05) is 21.7 Å². The van der Waals surface area contributed by atoms with Crippen LogP contribution in [0, 0.1) is 6.92 Å². The Bertz CT molecular complexity index is 948. The molecule has 4 atom stereocenters. The van der Waals surface area contributed by atoms with Gasteiger partial charge in [-0.15, -0.1) is 11.6 Å². The number of nitrogens with one attached hydrogen (secondary N) is 2. The van der Waals surface area contributed by atoms with Crippen LogP contribution in [0.15, 0.2) is 12.3 Å². The average molecular weight is 433 g/mol. The highest BCUT2D eigenvalue weighted by Crippen LogP contribution is 2.32. The smallest absolute Gasteiger partial charge is 0.243 e. The molecule has 0 spiro atoms. The maximum absolute atomic E-state index is 13.2. The lowest BCUT2D eigenvalue weighted by atomic mass is 9.98. The minimum absolute atomic E-state index is 0.0395. The highest BCUT2D eigenvalue weighted by atomic mass is 35.5. The van der Waals surface area contributed by atoms with Crippen molar-refractivity contribution in [2.24, 2.45) is 5.73 Å². The number of piperidine rings is 1. The zero-order valence-corrected chi connectivity index (χ0v) is 18.0. The van der Waals surface area contributed by atoms with Crippen LogP contribution in [-0.4, -0.2) is 69.0 Å². The highest BCUT2D eigenvalue weighted by Gasteiger charge is 2.39. The lowest BCUT2D eigenvalue weighted by Gasteiger charge is -2.36. The third-order valence-corrected chi connectivity index (χ3v) is 6.86. The van der Waals surface area contributed by atoms with E-state index >= 15 is 0 Å². The molecule has 3 aliphatic heterocycles. The van der Waals surface area contributed by atoms with E-state index in [1.165, 1.54) is 0 Å². The maximum atomic E-state index is 13.2. The van der Waals surface area contributed by atoms with Gasteiger partial charge in [0.15, 0.2) is 5.65 Å². The molecule has 2 aromatic heterocycles. The summed E-state index contributed by atoms with van der Waals surface area (Å²) in [7, 11) is 0. The Morgan fingerprint density at radius 3 is 2.90 bits per heavy atom. The molecule has 2 aromatic rings. The first-order valence-corrected chi connectivity index (χ1v) is 11.3. The second-order valence-corrected chi connectivity index (χ2v) is 9.24. The third-order valence-electron chi connectivity index (χ3n) is 6.46. The Hall–Kier alpha value is -1.94. The van der Waals surface area contributed by atoms with Gasteiger partial charge in [0.05, 0.1) is 17.1 Å². The molecule has 9 nitrogen and oxygen atoms in total. The van der Waals surface area contributed by atoms with Gasteiger partial charge in [-0.05, 0) is 32.6 Å². The van der Waals surface area contributed by atoms with Gasteiger partial charge in [0.1, 0.15) is 11.9 Å². The number of aryl methyl sites for hydroxylation is 1. The summed E-state index contributed by atoms with van der Waals surface area (Å²) >= 11 is 6.34. The lowest BCUT2D eigenvalue weighted by Crippen LogP contribution is -2.50. The standard InChI is InChI=1S/C20H29ClN8O/c1-12-10-29-17(24-19(12)27-7-5-13(22)11-27)8-15(26-29)16-4-2-3-6-28(16)20(30)18-14(21)9-23-25-18/h8,10,13-14,16,18,23,25H,2-7,9,11,22H2,1H3/t13-,14?,16-,18?/m0/s1. The van der Waals surface area contributed by atoms with Crippen LogP contribution in [0.3, 0.4) is 0 Å². The van der Waals surface area contributed by atoms with Crippen LogP contribution in [0.1, 0.15) is 43.0 Å². The molecule has 10 heteroatoms. The van der Waals surface area contributed by atoms with E-state index in [0.717, 1.165) is 68.0 Å². The minimum Gasteiger partial charge on any atom is -0.355 e. The second-order valence-electron chi connectivity index (χ2n) is 8.68. The van der Waals surface area contributed by atoms with Gasteiger partial charge < -0.3 is 15.5 Å². The van der Waals surface area contributed by atoms with Crippen LogP contribution in [-0.2, 0) is 4.79 Å². The number of alkyl halides is 1. The molecule has 162 valence electrons. The number of amides is 1. The summed E-state index contributed by atoms with van der Waals surface area (Å²) < 4.78 is 1.83. The van der Waals surface area contributed by atoms with Crippen molar-refractivity contribution >= 4 is 29.0 Å². The number of anilines is 1. The van der Waals surface area contributed by atoms with Crippen molar-refractivity contribution < 1.29 is 4.79 Å². The predicted octanol–water partition coefficient (Wildman–Crippen LogP) is 0.713. The van der Waals surface area contributed by atoms with Crippen molar-refractivity contribution in [2.75, 3.05) is 31.1 Å². The summed E-state index contributed by atoms with van der Waals surface area (Å²) in [6, 6.07) is 1.77. The predicted molar refractivity (Wildman–Crippen MR) is 115 cm³/mol. The van der Waals surface area contributed by atoms with Gasteiger partial charge in [0, 0.05) is 50.0 Å². The summed E-state index contributed by atoms with van der Waals surface area (Å²) in [5.74, 6) is 1.02. The lowest BCUT2D eigenvalue weighted by molar-refractivity contribution is -0.137. The number of hydrogen-bond acceptors (Lipinski definition) is 7. The van der Waals surface area contributed by atoms with Crippen molar-refractivity contribution in [3.05, 3.63) is 23.5 Å². The fourth-order valence-electron chi connectivity index (χ4n) is 4.85. The minimum atomic E-state index is -0.407. The first kappa shape index (κ1) is 20.0. The molecule has 3 aliphatic rings. The highest BCUT2D eigenvalue weighted by molar-refractivity contribution is 6.23. The molecule has 4 N–H and O–H groups in total. The molecule has 0 aromatic carbocycles. The number of likely N-dealkylation sites (tertiary alicyclic amines) is 1. The van der Waals surface area contributed by atoms with E-state index in [9.17, 15) is 4.79 Å². The molecule has 5 rings (SSSR count). The van der Waals surface area contributed by atoms with Crippen LogP contribution >= 0.6 is 11.6 Å². The Labute approximate surface area is 180 Å². The van der Waals surface area contributed by atoms with Crippen LogP contribution in [0.25, 0.3) is 5.65 Å². The van der Waals surface area contributed by atoms with E-state index in [2.05, 4.69) is 22.7 Å². The van der Waals surface area contributed by atoms with Gasteiger partial charge in [-0.1, -0.05) is 0 Å². The van der Waals surface area contributed by atoms with Crippen molar-refractivity contribution in [1.82, 2.24) is 30.3 Å². The molecular weight excluding hydrogens is 404 g/mol. The fourth-order valence-corrected chi connectivity index (χ4v) is 5.10. The number of halogens is 1. The molecule has 0 radical (unpaired) electrons. The average Bonchev–Trinajstić information content (AvgIpc) is 3.46. The molecular formula is C20H29ClN8O. The number of hydrazine groups is 1. The molecule has 3 saturated heterocycles. The van der Waals surface area contributed by atoms with E-state index in [1.54, 1.807) is 0 Å². The van der Waals surface area contributed by atoms with E-state index in [-0.39, 0.29) is 23.4 Å². The molecule has 0 aliphatic carbocycles. The Kier molecular flexibility index (Phi) is 5.30. The van der Waals surface area contributed by atoms with Crippen molar-refractivity contribution in [1.29, 1.82) is 0 Å². The molecule has 1 amide bonds. The van der Waals surface area contributed by atoms with Crippen molar-refractivity contribution in [2.45, 2.75) is 56.1 Å². The van der Waals surface area contributed by atoms with Gasteiger partial charge in [-0.2, -0.15) is 5.10 Å². The molecule has 30 heavy (non-hydrogen) atoms. The first-order chi connectivity index (χ1) is 14.5. The van der Waals surface area contributed by atoms with Crippen LogP contribution in [0.4, 0.5) is 5.82 Å². The van der Waals surface area contributed by atoms with Gasteiger partial charge in [0.2, 0.25) is 5.91 Å². The molecule has 0 saturated carbocycles. The first-order valence-electron chi connectivity index (χ1n) is 10.8. The van der Waals surface area contributed by atoms with Crippen molar-refractivity contribution in [3.8, 4) is 0 Å². The topological polar surface area (TPSA) is 104 Å². The normalized spacial score (nSPS) is 29.8. The SMILES string of the molecule is Cc1cn2nc([C@@H]3CCCCN3C(=O)C3NNCC3Cl)cc2nc1N1CC[C@H](N)C1. The van der Waals surface area contributed by atoms with E-state index in [0.29, 0.717) is 6.54 Å². The number of hydrogen-bond donors (Lipinski definition) is 3. The summed E-state index contributed by atoms with van der Waals surface area (Å²) in [5, 5.41) is 4.56. The fraction of sp³-hybridized carbons (Fsp3) is 0.650. The van der Waals surface area contributed by atoms with Gasteiger partial charge >= 0.3 is 0 Å². The molecule has 2 unspecified atom stereocenters. The summed E-state index contributed by atoms with van der Waals surface area (Å²) in [6.07, 6.45) is 5.99. The molecule has 5 heterocycles. The van der Waals surface area contributed by atoms with E-state index < -0.39 is 6.04 Å². The number of nitrogens with two attached hydrogens (primary N) is 1. The van der Waals surface area contributed by atoms with Gasteiger partial charge in [-0.25, -0.2) is 14.9 Å². The number of carbonyl (C=O) groups excluding carboxylic acids is 1. The van der Waals surface area contributed by atoms with Crippen LogP contribution < -0.4 is 21.5 Å². The zero-order valence-electron chi connectivity index (χ0n) is 17.2. The van der Waals surface area contributed by atoms with Crippen molar-refractivity contribution in [3.63, 3.8) is 0 Å². The maximum Gasteiger partial charge on any atom is 0.243 e. The molecule has 3 fully saturated rings. The number of fused-ring (bicyclic) bond motifs is 1. The number of carbonyl (C=O) groups is 1. The number of rotatable bonds is 3. The molecule has 0 bridgehead atoms. The Morgan fingerprint density at radius 1 is 1.30 bits per heavy atom. The Balaban J connectivity index is 1.44. The number of aromatic nitrogens is 3. The summed E-state index contributed by atoms with van der Waals surface area (Å²) in [5.41, 5.74) is 14.9. The Morgan fingerprint density at radius 2 is 2.17 bits per heavy atom. The van der Waals surface area contributed by atoms with E-state index in [4.69, 9.17) is 27.4 Å². The summed E-state index contributed by atoms with van der Waals surface area (Å²) in [4.78, 5) is 22.3.